The second-order valence-corrected chi connectivity index (χ2v) is 9.30. The molecular formula is C30H25FN4O. The van der Waals surface area contributed by atoms with E-state index in [0.29, 0.717) is 11.4 Å². The van der Waals surface area contributed by atoms with Crippen LogP contribution in [0.25, 0.3) is 33.3 Å². The second kappa shape index (κ2) is 9.13. The van der Waals surface area contributed by atoms with Gasteiger partial charge >= 0.3 is 0 Å². The highest BCUT2D eigenvalue weighted by molar-refractivity contribution is 5.93. The van der Waals surface area contributed by atoms with Crippen molar-refractivity contribution in [2.45, 2.75) is 31.4 Å². The summed E-state index contributed by atoms with van der Waals surface area (Å²) in [6.07, 6.45) is 6.34. The van der Waals surface area contributed by atoms with Crippen molar-refractivity contribution in [3.8, 4) is 28.3 Å². The SMILES string of the molecule is NC1(c2ccc(-c3nc4ccnc(OCc5ccnc(F)c5)c4cc3-c3ccccc3)cc2)CCC1. The largest absolute Gasteiger partial charge is 0.472 e. The maximum absolute atomic E-state index is 13.5. The molecule has 178 valence electrons. The Hall–Kier alpha value is -4.16. The summed E-state index contributed by atoms with van der Waals surface area (Å²) in [7, 11) is 0. The van der Waals surface area contributed by atoms with Crippen molar-refractivity contribution in [2.24, 2.45) is 5.73 Å². The molecule has 2 aromatic carbocycles. The molecule has 0 atom stereocenters. The van der Waals surface area contributed by atoms with Crippen molar-refractivity contribution >= 4 is 10.9 Å². The smallest absolute Gasteiger partial charge is 0.223 e. The number of nitrogens with zero attached hydrogens (tertiary/aromatic N) is 3. The lowest BCUT2D eigenvalue weighted by Crippen LogP contribution is -2.43. The zero-order chi connectivity index (χ0) is 24.5. The van der Waals surface area contributed by atoms with Crippen LogP contribution in [0.15, 0.2) is 91.3 Å². The Balaban J connectivity index is 1.43. The number of rotatable bonds is 6. The number of benzene rings is 2. The van der Waals surface area contributed by atoms with Gasteiger partial charge in [-0.1, -0.05) is 54.6 Å². The topological polar surface area (TPSA) is 73.9 Å². The first-order valence-corrected chi connectivity index (χ1v) is 12.1. The van der Waals surface area contributed by atoms with Crippen LogP contribution in [0, 0.1) is 5.95 Å². The van der Waals surface area contributed by atoms with E-state index >= 15 is 0 Å². The Bertz CT molecular complexity index is 1530. The fourth-order valence-corrected chi connectivity index (χ4v) is 4.73. The number of hydrogen-bond donors (Lipinski definition) is 1. The summed E-state index contributed by atoms with van der Waals surface area (Å²) in [6.45, 7) is 0.177. The number of pyridine rings is 3. The standard InChI is InChI=1S/C30H25FN4O/c31-27-17-20(11-15-33-27)19-36-29-25-18-24(21-5-2-1-3-6-21)28(35-26(25)12-16-34-29)22-7-9-23(10-8-22)30(32)13-4-14-30/h1-3,5-12,15-18H,4,13-14,19,32H2. The van der Waals surface area contributed by atoms with Crippen LogP contribution in [-0.2, 0) is 12.1 Å². The molecule has 36 heavy (non-hydrogen) atoms. The maximum atomic E-state index is 13.5. The maximum Gasteiger partial charge on any atom is 0.223 e. The molecule has 2 N–H and O–H groups in total. The van der Waals surface area contributed by atoms with Crippen LogP contribution >= 0.6 is 0 Å². The molecule has 6 rings (SSSR count). The second-order valence-electron chi connectivity index (χ2n) is 9.30. The van der Waals surface area contributed by atoms with Gasteiger partial charge in [0, 0.05) is 29.1 Å². The fraction of sp³-hybridized carbons (Fsp3) is 0.167. The zero-order valence-corrected chi connectivity index (χ0v) is 19.7. The van der Waals surface area contributed by atoms with E-state index in [1.54, 1.807) is 12.3 Å². The normalized spacial score (nSPS) is 14.4. The van der Waals surface area contributed by atoms with Crippen LogP contribution in [0.5, 0.6) is 5.88 Å². The van der Waals surface area contributed by atoms with Crippen LogP contribution in [0.3, 0.4) is 0 Å². The third-order valence-electron chi connectivity index (χ3n) is 6.94. The molecule has 1 fully saturated rings. The quantitative estimate of drug-likeness (QED) is 0.287. The predicted molar refractivity (Wildman–Crippen MR) is 139 cm³/mol. The van der Waals surface area contributed by atoms with E-state index in [4.69, 9.17) is 15.5 Å². The molecule has 0 aliphatic heterocycles. The third kappa shape index (κ3) is 4.20. The van der Waals surface area contributed by atoms with Gasteiger partial charge in [-0.3, -0.25) is 0 Å². The van der Waals surface area contributed by atoms with Crippen molar-refractivity contribution in [1.82, 2.24) is 15.0 Å². The molecule has 1 aliphatic rings. The Labute approximate surface area is 208 Å². The molecule has 6 heteroatoms. The lowest BCUT2D eigenvalue weighted by Gasteiger charge is -2.38. The van der Waals surface area contributed by atoms with Crippen LogP contribution in [0.4, 0.5) is 4.39 Å². The van der Waals surface area contributed by atoms with Crippen molar-refractivity contribution in [2.75, 3.05) is 0 Å². The number of fused-ring (bicyclic) bond motifs is 1. The van der Waals surface area contributed by atoms with E-state index in [9.17, 15) is 4.39 Å². The van der Waals surface area contributed by atoms with Gasteiger partial charge in [-0.05, 0) is 60.2 Å². The summed E-state index contributed by atoms with van der Waals surface area (Å²) in [5.74, 6) is -0.0881. The van der Waals surface area contributed by atoms with Crippen molar-refractivity contribution < 1.29 is 9.13 Å². The van der Waals surface area contributed by atoms with E-state index in [2.05, 4.69) is 52.4 Å². The Kier molecular flexibility index (Phi) is 5.66. The highest BCUT2D eigenvalue weighted by Crippen LogP contribution is 2.40. The lowest BCUT2D eigenvalue weighted by atomic mass is 9.72. The average Bonchev–Trinajstić information content (AvgIpc) is 2.90. The molecular weight excluding hydrogens is 451 g/mol. The van der Waals surface area contributed by atoms with E-state index < -0.39 is 5.95 Å². The number of nitrogens with two attached hydrogens (primary N) is 1. The number of ether oxygens (including phenoxy) is 1. The van der Waals surface area contributed by atoms with Gasteiger partial charge in [0.15, 0.2) is 0 Å². The van der Waals surface area contributed by atoms with Crippen LogP contribution in [-0.4, -0.2) is 15.0 Å². The molecule has 1 saturated carbocycles. The van der Waals surface area contributed by atoms with E-state index in [1.165, 1.54) is 24.2 Å². The summed E-state index contributed by atoms with van der Waals surface area (Å²) in [4.78, 5) is 13.1. The summed E-state index contributed by atoms with van der Waals surface area (Å²) in [5.41, 5.74) is 12.9. The minimum Gasteiger partial charge on any atom is -0.472 e. The van der Waals surface area contributed by atoms with Crippen LogP contribution < -0.4 is 10.5 Å². The molecule has 0 bridgehead atoms. The summed E-state index contributed by atoms with van der Waals surface area (Å²) < 4.78 is 19.5. The third-order valence-corrected chi connectivity index (χ3v) is 6.94. The van der Waals surface area contributed by atoms with E-state index in [1.807, 2.05) is 24.3 Å². The first-order valence-electron chi connectivity index (χ1n) is 12.1. The molecule has 0 unspecified atom stereocenters. The first kappa shape index (κ1) is 22.3. The van der Waals surface area contributed by atoms with Gasteiger partial charge in [0.05, 0.1) is 16.6 Å². The summed E-state index contributed by atoms with van der Waals surface area (Å²) in [6, 6.07) is 25.7. The molecule has 0 amide bonds. The highest BCUT2D eigenvalue weighted by atomic mass is 19.1. The van der Waals surface area contributed by atoms with Gasteiger partial charge in [-0.25, -0.2) is 15.0 Å². The van der Waals surface area contributed by atoms with E-state index in [-0.39, 0.29) is 12.1 Å². The Morgan fingerprint density at radius 2 is 1.64 bits per heavy atom. The average molecular weight is 477 g/mol. The van der Waals surface area contributed by atoms with E-state index in [0.717, 1.165) is 46.1 Å². The Morgan fingerprint density at radius 1 is 0.861 bits per heavy atom. The molecule has 0 radical (unpaired) electrons. The highest BCUT2D eigenvalue weighted by Gasteiger charge is 2.34. The van der Waals surface area contributed by atoms with Gasteiger partial charge in [0.1, 0.15) is 6.61 Å². The van der Waals surface area contributed by atoms with Crippen molar-refractivity contribution in [1.29, 1.82) is 0 Å². The van der Waals surface area contributed by atoms with Crippen molar-refractivity contribution in [3.63, 3.8) is 0 Å². The predicted octanol–water partition coefficient (Wildman–Crippen LogP) is 6.41. The fourth-order valence-electron chi connectivity index (χ4n) is 4.73. The molecule has 3 aromatic heterocycles. The molecule has 3 heterocycles. The van der Waals surface area contributed by atoms with Gasteiger partial charge in [-0.2, -0.15) is 4.39 Å². The Morgan fingerprint density at radius 3 is 2.36 bits per heavy atom. The molecule has 0 saturated heterocycles. The van der Waals surface area contributed by atoms with Gasteiger partial charge in [-0.15, -0.1) is 0 Å². The van der Waals surface area contributed by atoms with Gasteiger partial charge < -0.3 is 10.5 Å². The first-order chi connectivity index (χ1) is 17.6. The minimum absolute atomic E-state index is 0.177. The minimum atomic E-state index is -0.538. The van der Waals surface area contributed by atoms with Crippen molar-refractivity contribution in [3.05, 3.63) is 108 Å². The number of aromatic nitrogens is 3. The summed E-state index contributed by atoms with van der Waals surface area (Å²) >= 11 is 0. The molecule has 0 spiro atoms. The van der Waals surface area contributed by atoms with Crippen LogP contribution in [0.1, 0.15) is 30.4 Å². The monoisotopic (exact) mass is 476 g/mol. The van der Waals surface area contributed by atoms with Crippen LogP contribution in [0.2, 0.25) is 0 Å². The molecule has 5 aromatic rings. The molecule has 1 aliphatic carbocycles. The molecule has 5 nitrogen and oxygen atoms in total. The lowest BCUT2D eigenvalue weighted by molar-refractivity contribution is 0.253. The van der Waals surface area contributed by atoms with Gasteiger partial charge in [0.2, 0.25) is 11.8 Å². The summed E-state index contributed by atoms with van der Waals surface area (Å²) in [5, 5.41) is 0.793. The zero-order valence-electron chi connectivity index (χ0n) is 19.7. The number of hydrogen-bond acceptors (Lipinski definition) is 5. The van der Waals surface area contributed by atoms with Gasteiger partial charge in [0.25, 0.3) is 0 Å². The number of halogens is 1.